The molecule has 1 unspecified atom stereocenters. The van der Waals surface area contributed by atoms with Gasteiger partial charge in [0.1, 0.15) is 11.6 Å². The number of imidazole rings is 1. The molecule has 1 heterocycles. The normalized spacial score (nSPS) is 12.0. The fourth-order valence-electron chi connectivity index (χ4n) is 3.13. The van der Waals surface area contributed by atoms with E-state index in [1.807, 2.05) is 37.4 Å². The van der Waals surface area contributed by atoms with Crippen molar-refractivity contribution in [1.29, 1.82) is 0 Å². The average Bonchev–Trinajstić information content (AvgIpc) is 3.10. The zero-order valence-corrected chi connectivity index (χ0v) is 17.8. The second kappa shape index (κ2) is 9.79. The molecule has 0 aliphatic rings. The number of halogens is 2. The maximum Gasteiger partial charge on any atom is 0.203 e. The molecule has 0 saturated carbocycles. The Morgan fingerprint density at radius 2 is 1.93 bits per heavy atom. The van der Waals surface area contributed by atoms with Gasteiger partial charge in [-0.15, -0.1) is 0 Å². The van der Waals surface area contributed by atoms with Crippen LogP contribution in [-0.4, -0.2) is 16.2 Å². The van der Waals surface area contributed by atoms with Crippen molar-refractivity contribution in [2.75, 3.05) is 11.9 Å². The van der Waals surface area contributed by atoms with Crippen molar-refractivity contribution in [3.05, 3.63) is 65.1 Å². The van der Waals surface area contributed by atoms with Crippen LogP contribution in [0.3, 0.4) is 0 Å². The zero-order valence-electron chi connectivity index (χ0n) is 17.1. The van der Waals surface area contributed by atoms with Crippen LogP contribution in [0.1, 0.15) is 32.8 Å². The van der Waals surface area contributed by atoms with Gasteiger partial charge in [-0.3, -0.25) is 0 Å². The number of hydrogen-bond acceptors (Lipinski definition) is 3. The molecule has 154 valence electrons. The van der Waals surface area contributed by atoms with Crippen LogP contribution in [0.2, 0.25) is 5.02 Å². The van der Waals surface area contributed by atoms with E-state index in [-0.39, 0.29) is 12.4 Å². The van der Waals surface area contributed by atoms with E-state index in [1.165, 1.54) is 6.07 Å². The third-order valence-corrected chi connectivity index (χ3v) is 5.35. The molecule has 3 aromatic rings. The molecule has 29 heavy (non-hydrogen) atoms. The van der Waals surface area contributed by atoms with Gasteiger partial charge in [-0.05, 0) is 49.2 Å². The van der Waals surface area contributed by atoms with Crippen LogP contribution in [0, 0.1) is 11.7 Å². The van der Waals surface area contributed by atoms with Crippen molar-refractivity contribution in [3.8, 4) is 17.0 Å². The lowest BCUT2D eigenvalue weighted by Gasteiger charge is -2.17. The van der Waals surface area contributed by atoms with Gasteiger partial charge >= 0.3 is 0 Å². The Kier molecular flexibility index (Phi) is 7.15. The van der Waals surface area contributed by atoms with Crippen molar-refractivity contribution < 1.29 is 9.13 Å². The van der Waals surface area contributed by atoms with Crippen LogP contribution in [0.15, 0.2) is 48.7 Å². The highest BCUT2D eigenvalue weighted by atomic mass is 35.5. The zero-order chi connectivity index (χ0) is 20.8. The Bertz CT molecular complexity index is 920. The maximum absolute atomic E-state index is 14.1. The van der Waals surface area contributed by atoms with Crippen molar-refractivity contribution in [2.45, 2.75) is 40.3 Å². The van der Waals surface area contributed by atoms with E-state index in [9.17, 15) is 4.39 Å². The molecule has 0 spiro atoms. The number of nitrogens with one attached hydrogen (secondary N) is 1. The quantitative estimate of drug-likeness (QED) is 0.439. The summed E-state index contributed by atoms with van der Waals surface area (Å²) in [5.74, 6) is 1.70. The Labute approximate surface area is 176 Å². The minimum atomic E-state index is -0.322. The van der Waals surface area contributed by atoms with E-state index in [4.69, 9.17) is 16.3 Å². The Morgan fingerprint density at radius 3 is 2.59 bits per heavy atom. The summed E-state index contributed by atoms with van der Waals surface area (Å²) >= 11 is 6.16. The average molecular weight is 416 g/mol. The summed E-state index contributed by atoms with van der Waals surface area (Å²) in [4.78, 5) is 4.57. The molecule has 0 saturated heterocycles. The van der Waals surface area contributed by atoms with Gasteiger partial charge in [0.2, 0.25) is 5.95 Å². The molecular weight excluding hydrogens is 389 g/mol. The van der Waals surface area contributed by atoms with Crippen molar-refractivity contribution in [3.63, 3.8) is 0 Å². The summed E-state index contributed by atoms with van der Waals surface area (Å²) in [6.07, 6.45) is 2.91. The van der Waals surface area contributed by atoms with E-state index >= 15 is 0 Å². The summed E-state index contributed by atoms with van der Waals surface area (Å²) in [6.45, 7) is 8.06. The highest BCUT2D eigenvalue weighted by Gasteiger charge is 2.15. The number of rotatable bonds is 9. The van der Waals surface area contributed by atoms with Crippen LogP contribution in [0.25, 0.3) is 11.3 Å². The first-order chi connectivity index (χ1) is 14.0. The van der Waals surface area contributed by atoms with Gasteiger partial charge in [0.25, 0.3) is 0 Å². The van der Waals surface area contributed by atoms with Crippen LogP contribution >= 0.6 is 11.6 Å². The second-order valence-electron chi connectivity index (χ2n) is 7.10. The highest BCUT2D eigenvalue weighted by Crippen LogP contribution is 2.28. The monoisotopic (exact) mass is 415 g/mol. The highest BCUT2D eigenvalue weighted by molar-refractivity contribution is 6.31. The molecule has 2 aromatic carbocycles. The van der Waals surface area contributed by atoms with Gasteiger partial charge in [0, 0.05) is 29.2 Å². The fraction of sp³-hybridized carbons (Fsp3) is 0.348. The van der Waals surface area contributed by atoms with Crippen molar-refractivity contribution in [2.24, 2.45) is 5.92 Å². The molecule has 6 heteroatoms. The van der Waals surface area contributed by atoms with E-state index < -0.39 is 0 Å². The predicted molar refractivity (Wildman–Crippen MR) is 117 cm³/mol. The molecular formula is C23H27ClFN3O. The standard InChI is InChI=1S/C23H27ClFN3O/c1-4-16(3)15-28-22(17-9-11-18(12-10-17)29-5-2)14-27-23(28)26-13-19-20(24)7-6-8-21(19)25/h6-12,14,16H,4-5,13,15H2,1-3H3,(H,26,27). The third kappa shape index (κ3) is 5.10. The molecule has 1 aromatic heterocycles. The van der Waals surface area contributed by atoms with Crippen LogP contribution in [-0.2, 0) is 13.1 Å². The molecule has 0 aliphatic carbocycles. The Morgan fingerprint density at radius 1 is 1.17 bits per heavy atom. The van der Waals surface area contributed by atoms with Crippen LogP contribution in [0.5, 0.6) is 5.75 Å². The van der Waals surface area contributed by atoms with Gasteiger partial charge < -0.3 is 14.6 Å². The molecule has 3 rings (SSSR count). The fourth-order valence-corrected chi connectivity index (χ4v) is 3.36. The molecule has 1 atom stereocenters. The minimum Gasteiger partial charge on any atom is -0.494 e. The first kappa shape index (κ1) is 21.2. The van der Waals surface area contributed by atoms with Gasteiger partial charge in [0.15, 0.2) is 0 Å². The molecule has 1 N–H and O–H groups in total. The van der Waals surface area contributed by atoms with Gasteiger partial charge in [0.05, 0.1) is 18.5 Å². The molecule has 0 fully saturated rings. The number of nitrogens with zero attached hydrogens (tertiary/aromatic N) is 2. The predicted octanol–water partition coefficient (Wildman–Crippen LogP) is 6.40. The third-order valence-electron chi connectivity index (χ3n) is 4.99. The number of anilines is 1. The minimum absolute atomic E-state index is 0.270. The SMILES string of the molecule is CCOc1ccc(-c2cnc(NCc3c(F)cccc3Cl)n2CC(C)CC)cc1. The lowest BCUT2D eigenvalue weighted by molar-refractivity contribution is 0.340. The van der Waals surface area contributed by atoms with E-state index in [0.717, 1.165) is 30.0 Å². The topological polar surface area (TPSA) is 39.1 Å². The van der Waals surface area contributed by atoms with Crippen LogP contribution in [0.4, 0.5) is 10.3 Å². The number of ether oxygens (including phenoxy) is 1. The largest absolute Gasteiger partial charge is 0.494 e. The first-order valence-corrected chi connectivity index (χ1v) is 10.4. The Balaban J connectivity index is 1.89. The second-order valence-corrected chi connectivity index (χ2v) is 7.51. The summed E-state index contributed by atoms with van der Waals surface area (Å²) in [5, 5.41) is 3.67. The summed E-state index contributed by atoms with van der Waals surface area (Å²) < 4.78 is 21.8. The van der Waals surface area contributed by atoms with Crippen molar-refractivity contribution in [1.82, 2.24) is 9.55 Å². The molecule has 0 amide bonds. The van der Waals surface area contributed by atoms with Crippen molar-refractivity contribution >= 4 is 17.5 Å². The van der Waals surface area contributed by atoms with E-state index in [1.54, 1.807) is 12.1 Å². The van der Waals surface area contributed by atoms with Gasteiger partial charge in [-0.2, -0.15) is 0 Å². The molecule has 4 nitrogen and oxygen atoms in total. The van der Waals surface area contributed by atoms with E-state index in [2.05, 4.69) is 28.7 Å². The number of benzene rings is 2. The lowest BCUT2D eigenvalue weighted by atomic mass is 10.1. The lowest BCUT2D eigenvalue weighted by Crippen LogP contribution is -2.13. The summed E-state index contributed by atoms with van der Waals surface area (Å²) in [7, 11) is 0. The summed E-state index contributed by atoms with van der Waals surface area (Å²) in [6, 6.07) is 12.7. The maximum atomic E-state index is 14.1. The smallest absolute Gasteiger partial charge is 0.203 e. The molecule has 0 bridgehead atoms. The van der Waals surface area contributed by atoms with Gasteiger partial charge in [-0.25, -0.2) is 9.37 Å². The molecule has 0 radical (unpaired) electrons. The van der Waals surface area contributed by atoms with Gasteiger partial charge in [-0.1, -0.05) is 37.9 Å². The van der Waals surface area contributed by atoms with Crippen LogP contribution < -0.4 is 10.1 Å². The Hall–Kier alpha value is -2.53. The van der Waals surface area contributed by atoms with E-state index in [0.29, 0.717) is 29.1 Å². The number of aromatic nitrogens is 2. The summed E-state index contributed by atoms with van der Waals surface area (Å²) in [5.41, 5.74) is 2.51. The number of hydrogen-bond donors (Lipinski definition) is 1. The molecule has 0 aliphatic heterocycles. The first-order valence-electron chi connectivity index (χ1n) is 9.99.